The van der Waals surface area contributed by atoms with Gasteiger partial charge < -0.3 is 19.3 Å². The lowest BCUT2D eigenvalue weighted by Crippen LogP contribution is -2.02. The van der Waals surface area contributed by atoms with Crippen molar-refractivity contribution in [1.29, 1.82) is 0 Å². The van der Waals surface area contributed by atoms with Crippen molar-refractivity contribution < 1.29 is 14.0 Å². The number of hydrogen-bond acceptors (Lipinski definition) is 8. The first kappa shape index (κ1) is 17.2. The molecule has 5 rings (SSSR count). The first-order chi connectivity index (χ1) is 14.2. The normalized spacial score (nSPS) is 12.2. The van der Waals surface area contributed by atoms with E-state index in [1.54, 1.807) is 6.07 Å². The van der Waals surface area contributed by atoms with Gasteiger partial charge in [0.15, 0.2) is 17.2 Å². The van der Waals surface area contributed by atoms with Crippen molar-refractivity contribution in [2.45, 2.75) is 13.5 Å². The number of hydrogen-bond donors (Lipinski definition) is 1. The number of nitrogens with zero attached hydrogens (tertiary/aromatic N) is 4. The maximum atomic E-state index is 5.39. The number of anilines is 1. The molecule has 0 spiro atoms. The summed E-state index contributed by atoms with van der Waals surface area (Å²) < 4.78 is 16.1. The van der Waals surface area contributed by atoms with Crippen LogP contribution in [-0.4, -0.2) is 27.1 Å². The van der Waals surface area contributed by atoms with Gasteiger partial charge in [-0.1, -0.05) is 41.1 Å². The summed E-state index contributed by atoms with van der Waals surface area (Å²) in [5.74, 6) is 3.01. The Labute approximate surface area is 166 Å². The monoisotopic (exact) mass is 387 g/mol. The van der Waals surface area contributed by atoms with Gasteiger partial charge in [0, 0.05) is 12.1 Å². The summed E-state index contributed by atoms with van der Waals surface area (Å²) in [7, 11) is 0. The minimum absolute atomic E-state index is 0.264. The fourth-order valence-electron chi connectivity index (χ4n) is 2.93. The molecular weight excluding hydrogens is 370 g/mol. The molecule has 4 aromatic rings. The predicted molar refractivity (Wildman–Crippen MR) is 105 cm³/mol. The molecule has 1 aliphatic heterocycles. The topological polar surface area (TPSA) is 95.2 Å². The van der Waals surface area contributed by atoms with Crippen molar-refractivity contribution in [3.05, 3.63) is 65.7 Å². The van der Waals surface area contributed by atoms with Crippen LogP contribution in [0.15, 0.2) is 59.1 Å². The van der Waals surface area contributed by atoms with Crippen molar-refractivity contribution in [2.75, 3.05) is 12.1 Å². The Kier molecular flexibility index (Phi) is 4.28. The summed E-state index contributed by atoms with van der Waals surface area (Å²) in [6.07, 6.45) is 0. The molecule has 0 unspecified atom stereocenters. The molecule has 0 atom stereocenters. The van der Waals surface area contributed by atoms with Crippen molar-refractivity contribution in [2.24, 2.45) is 0 Å². The van der Waals surface area contributed by atoms with Crippen LogP contribution in [0, 0.1) is 6.92 Å². The van der Waals surface area contributed by atoms with E-state index >= 15 is 0 Å². The largest absolute Gasteiger partial charge is 0.454 e. The van der Waals surface area contributed by atoms with E-state index in [4.69, 9.17) is 14.0 Å². The Hall–Kier alpha value is -3.94. The average Bonchev–Trinajstić information content (AvgIpc) is 3.42. The van der Waals surface area contributed by atoms with Gasteiger partial charge in [0.25, 0.3) is 5.89 Å². The second kappa shape index (κ2) is 7.23. The zero-order valence-corrected chi connectivity index (χ0v) is 15.6. The van der Waals surface area contributed by atoms with E-state index in [9.17, 15) is 0 Å². The van der Waals surface area contributed by atoms with Gasteiger partial charge in [0.1, 0.15) is 5.82 Å². The lowest BCUT2D eigenvalue weighted by atomic mass is 10.1. The molecular formula is C21H17N5O3. The van der Waals surface area contributed by atoms with Gasteiger partial charge in [-0.15, -0.1) is 10.2 Å². The Morgan fingerprint density at radius 1 is 0.931 bits per heavy atom. The molecule has 8 nitrogen and oxygen atoms in total. The number of benzene rings is 2. The summed E-state index contributed by atoms with van der Waals surface area (Å²) in [6.45, 7) is 2.88. The highest BCUT2D eigenvalue weighted by Crippen LogP contribution is 2.32. The smallest absolute Gasteiger partial charge is 0.278 e. The van der Waals surface area contributed by atoms with Gasteiger partial charge in [-0.25, -0.2) is 0 Å². The third kappa shape index (κ3) is 3.60. The minimum Gasteiger partial charge on any atom is -0.454 e. The molecule has 0 radical (unpaired) electrons. The molecule has 144 valence electrons. The van der Waals surface area contributed by atoms with E-state index in [1.807, 2.05) is 55.5 Å². The van der Waals surface area contributed by atoms with E-state index in [2.05, 4.69) is 25.7 Å². The van der Waals surface area contributed by atoms with E-state index < -0.39 is 0 Å². The molecule has 0 amide bonds. The Morgan fingerprint density at radius 2 is 1.79 bits per heavy atom. The second-order valence-electron chi connectivity index (χ2n) is 6.63. The van der Waals surface area contributed by atoms with Gasteiger partial charge in [-0.05, 0) is 36.8 Å². The molecule has 29 heavy (non-hydrogen) atoms. The number of fused-ring (bicyclic) bond motifs is 1. The van der Waals surface area contributed by atoms with E-state index in [0.29, 0.717) is 29.8 Å². The summed E-state index contributed by atoms with van der Waals surface area (Å²) >= 11 is 0. The van der Waals surface area contributed by atoms with Crippen LogP contribution >= 0.6 is 0 Å². The highest BCUT2D eigenvalue weighted by molar-refractivity contribution is 5.58. The molecule has 3 heterocycles. The summed E-state index contributed by atoms with van der Waals surface area (Å²) in [6, 6.07) is 17.4. The maximum Gasteiger partial charge on any atom is 0.278 e. The van der Waals surface area contributed by atoms with E-state index in [-0.39, 0.29) is 6.79 Å². The molecule has 0 bridgehead atoms. The van der Waals surface area contributed by atoms with Gasteiger partial charge in [-0.2, -0.15) is 4.98 Å². The van der Waals surface area contributed by atoms with Crippen LogP contribution in [0.25, 0.3) is 23.0 Å². The Balaban J connectivity index is 1.26. The number of aromatic nitrogens is 4. The van der Waals surface area contributed by atoms with Crippen LogP contribution in [0.2, 0.25) is 0 Å². The van der Waals surface area contributed by atoms with Crippen molar-refractivity contribution in [3.8, 4) is 34.5 Å². The standard InChI is InChI=1S/C21H17N5O3/c1-13-2-5-15(6-3-13)20-23-21(29-26-20)16-7-9-19(25-24-16)22-11-14-4-8-17-18(10-14)28-12-27-17/h2-10H,11-12H2,1H3,(H,22,25). The highest BCUT2D eigenvalue weighted by Gasteiger charge is 2.14. The number of ether oxygens (including phenoxy) is 2. The average molecular weight is 387 g/mol. The molecule has 0 saturated carbocycles. The Bertz CT molecular complexity index is 1140. The molecule has 2 aromatic heterocycles. The number of rotatable bonds is 5. The van der Waals surface area contributed by atoms with Crippen LogP contribution in [0.5, 0.6) is 11.5 Å². The van der Waals surface area contributed by atoms with Crippen molar-refractivity contribution >= 4 is 5.82 Å². The molecule has 2 aromatic carbocycles. The van der Waals surface area contributed by atoms with Crippen LogP contribution in [0.4, 0.5) is 5.82 Å². The van der Waals surface area contributed by atoms with Crippen molar-refractivity contribution in [1.82, 2.24) is 20.3 Å². The molecule has 1 aliphatic rings. The fourth-order valence-corrected chi connectivity index (χ4v) is 2.93. The second-order valence-corrected chi connectivity index (χ2v) is 6.63. The molecule has 0 aliphatic carbocycles. The lowest BCUT2D eigenvalue weighted by molar-refractivity contribution is 0.174. The lowest BCUT2D eigenvalue weighted by Gasteiger charge is -2.06. The zero-order valence-electron chi connectivity index (χ0n) is 15.6. The molecule has 0 fully saturated rings. The summed E-state index contributed by atoms with van der Waals surface area (Å²) in [5, 5.41) is 15.6. The van der Waals surface area contributed by atoms with Crippen LogP contribution < -0.4 is 14.8 Å². The summed E-state index contributed by atoms with van der Waals surface area (Å²) in [5.41, 5.74) is 3.64. The number of nitrogens with one attached hydrogen (secondary N) is 1. The highest BCUT2D eigenvalue weighted by atomic mass is 16.7. The van der Waals surface area contributed by atoms with Gasteiger partial charge in [-0.3, -0.25) is 0 Å². The molecule has 8 heteroatoms. The predicted octanol–water partition coefficient (Wildman–Crippen LogP) is 3.84. The Morgan fingerprint density at radius 3 is 2.62 bits per heavy atom. The van der Waals surface area contributed by atoms with Gasteiger partial charge >= 0.3 is 0 Å². The summed E-state index contributed by atoms with van der Waals surface area (Å²) in [4.78, 5) is 4.41. The van der Waals surface area contributed by atoms with E-state index in [1.165, 1.54) is 5.56 Å². The third-order valence-corrected chi connectivity index (χ3v) is 4.53. The first-order valence-electron chi connectivity index (χ1n) is 9.12. The fraction of sp³-hybridized carbons (Fsp3) is 0.143. The van der Waals surface area contributed by atoms with Crippen LogP contribution in [-0.2, 0) is 6.54 Å². The minimum atomic E-state index is 0.264. The van der Waals surface area contributed by atoms with E-state index in [0.717, 1.165) is 22.6 Å². The van der Waals surface area contributed by atoms with Crippen molar-refractivity contribution in [3.63, 3.8) is 0 Å². The number of aryl methyl sites for hydroxylation is 1. The third-order valence-electron chi connectivity index (χ3n) is 4.53. The van der Waals surface area contributed by atoms with Gasteiger partial charge in [0.2, 0.25) is 12.6 Å². The SMILES string of the molecule is Cc1ccc(-c2noc(-c3ccc(NCc4ccc5c(c4)OCO5)nn3)n2)cc1. The van der Waals surface area contributed by atoms with Crippen LogP contribution in [0.1, 0.15) is 11.1 Å². The first-order valence-corrected chi connectivity index (χ1v) is 9.12. The molecule has 0 saturated heterocycles. The zero-order chi connectivity index (χ0) is 19.6. The van der Waals surface area contributed by atoms with Gasteiger partial charge in [0.05, 0.1) is 0 Å². The van der Waals surface area contributed by atoms with Crippen LogP contribution in [0.3, 0.4) is 0 Å². The quantitative estimate of drug-likeness (QED) is 0.552. The molecule has 1 N–H and O–H groups in total. The maximum absolute atomic E-state index is 5.39.